The lowest BCUT2D eigenvalue weighted by Gasteiger charge is -2.21. The maximum atomic E-state index is 8.92. The van der Waals surface area contributed by atoms with E-state index in [2.05, 4.69) is 0 Å². The fourth-order valence-electron chi connectivity index (χ4n) is 1.67. The summed E-state index contributed by atoms with van der Waals surface area (Å²) in [5.74, 6) is 1.31. The molecule has 0 aromatic heterocycles. The Labute approximate surface area is 93.6 Å². The third-order valence-corrected chi connectivity index (χ3v) is 2.96. The van der Waals surface area contributed by atoms with Crippen LogP contribution in [-0.4, -0.2) is 24.9 Å². The molecule has 1 N–H and O–H groups in total. The van der Waals surface area contributed by atoms with Crippen molar-refractivity contribution >= 4 is 11.6 Å². The van der Waals surface area contributed by atoms with E-state index in [1.54, 1.807) is 0 Å². The van der Waals surface area contributed by atoms with Gasteiger partial charge in [0.25, 0.3) is 0 Å². The minimum absolute atomic E-state index is 0.108. The van der Waals surface area contributed by atoms with Crippen LogP contribution < -0.4 is 9.47 Å². The number of fused-ring (bicyclic) bond motifs is 1. The van der Waals surface area contributed by atoms with Crippen LogP contribution in [-0.2, 0) is 6.42 Å². The number of halogens is 1. The van der Waals surface area contributed by atoms with Crippen molar-refractivity contribution in [1.29, 1.82) is 0 Å². The molecule has 0 amide bonds. The molecule has 4 heteroatoms. The number of rotatable bonds is 2. The fraction of sp³-hybridized carbons (Fsp3) is 0.455. The molecule has 0 saturated heterocycles. The molecule has 1 aromatic rings. The summed E-state index contributed by atoms with van der Waals surface area (Å²) in [4.78, 5) is 0. The van der Waals surface area contributed by atoms with Crippen LogP contribution in [0.25, 0.3) is 0 Å². The second-order valence-corrected chi connectivity index (χ2v) is 3.85. The van der Waals surface area contributed by atoms with E-state index in [9.17, 15) is 0 Å². The van der Waals surface area contributed by atoms with Crippen molar-refractivity contribution in [2.24, 2.45) is 0 Å². The molecule has 1 aliphatic rings. The van der Waals surface area contributed by atoms with Gasteiger partial charge < -0.3 is 14.6 Å². The predicted octanol–water partition coefficient (Wildman–Crippen LogP) is 1.95. The Morgan fingerprint density at radius 3 is 2.87 bits per heavy atom. The highest BCUT2D eigenvalue weighted by Crippen LogP contribution is 2.41. The highest BCUT2D eigenvalue weighted by molar-refractivity contribution is 6.33. The zero-order valence-electron chi connectivity index (χ0n) is 8.55. The van der Waals surface area contributed by atoms with Crippen LogP contribution in [0.4, 0.5) is 0 Å². The molecule has 3 nitrogen and oxygen atoms in total. The zero-order valence-corrected chi connectivity index (χ0v) is 9.30. The molecule has 82 valence electrons. The number of aliphatic hydroxyl groups is 1. The van der Waals surface area contributed by atoms with Crippen molar-refractivity contribution in [3.05, 3.63) is 22.2 Å². The van der Waals surface area contributed by atoms with Crippen LogP contribution >= 0.6 is 11.6 Å². The maximum Gasteiger partial charge on any atom is 0.180 e. The summed E-state index contributed by atoms with van der Waals surface area (Å²) < 4.78 is 10.9. The van der Waals surface area contributed by atoms with E-state index >= 15 is 0 Å². The largest absolute Gasteiger partial charge is 0.486 e. The van der Waals surface area contributed by atoms with Crippen molar-refractivity contribution in [1.82, 2.24) is 0 Å². The molecule has 0 atom stereocenters. The first-order valence-corrected chi connectivity index (χ1v) is 5.30. The molecule has 0 spiro atoms. The van der Waals surface area contributed by atoms with Crippen LogP contribution in [0.15, 0.2) is 6.07 Å². The first-order chi connectivity index (χ1) is 7.24. The second kappa shape index (κ2) is 4.29. The lowest BCUT2D eigenvalue weighted by atomic mass is 10.0. The molecular formula is C11H13ClO3. The summed E-state index contributed by atoms with van der Waals surface area (Å²) in [6, 6.07) is 1.89. The maximum absolute atomic E-state index is 8.92. The number of ether oxygens (including phenoxy) is 2. The van der Waals surface area contributed by atoms with Crippen molar-refractivity contribution in [3.8, 4) is 11.5 Å². The van der Waals surface area contributed by atoms with Crippen molar-refractivity contribution in [2.75, 3.05) is 19.8 Å². The SMILES string of the molecule is Cc1c(CCO)cc2c(c1Cl)OCCO2. The normalized spacial score (nSPS) is 14.1. The smallest absolute Gasteiger partial charge is 0.180 e. The molecular weight excluding hydrogens is 216 g/mol. The summed E-state index contributed by atoms with van der Waals surface area (Å²) in [5, 5.41) is 9.52. The highest BCUT2D eigenvalue weighted by Gasteiger charge is 2.19. The van der Waals surface area contributed by atoms with Crippen molar-refractivity contribution < 1.29 is 14.6 Å². The Morgan fingerprint density at radius 2 is 2.13 bits per heavy atom. The summed E-state index contributed by atoms with van der Waals surface area (Å²) in [5.41, 5.74) is 1.96. The van der Waals surface area contributed by atoms with Gasteiger partial charge in [-0.1, -0.05) is 11.6 Å². The molecule has 15 heavy (non-hydrogen) atoms. The van der Waals surface area contributed by atoms with Crippen LogP contribution in [0.1, 0.15) is 11.1 Å². The quantitative estimate of drug-likeness (QED) is 0.841. The van der Waals surface area contributed by atoms with Gasteiger partial charge in [0.15, 0.2) is 11.5 Å². The van der Waals surface area contributed by atoms with Gasteiger partial charge in [-0.3, -0.25) is 0 Å². The van der Waals surface area contributed by atoms with E-state index in [4.69, 9.17) is 26.2 Å². The molecule has 0 radical (unpaired) electrons. The molecule has 1 heterocycles. The molecule has 0 saturated carbocycles. The predicted molar refractivity (Wildman–Crippen MR) is 58.0 cm³/mol. The van der Waals surface area contributed by atoms with Gasteiger partial charge in [0, 0.05) is 6.61 Å². The average Bonchev–Trinajstić information content (AvgIpc) is 2.26. The van der Waals surface area contributed by atoms with E-state index in [1.165, 1.54) is 0 Å². The van der Waals surface area contributed by atoms with Gasteiger partial charge in [-0.05, 0) is 30.5 Å². The number of hydrogen-bond acceptors (Lipinski definition) is 3. The van der Waals surface area contributed by atoms with E-state index in [0.717, 1.165) is 11.1 Å². The standard InChI is InChI=1S/C11H13ClO3/c1-7-8(2-3-13)6-9-11(10(7)12)15-5-4-14-9/h6,13H,2-5H2,1H3. The Morgan fingerprint density at radius 1 is 1.40 bits per heavy atom. The Balaban J connectivity index is 2.47. The Hall–Kier alpha value is -0.930. The Kier molecular flexibility index (Phi) is 3.03. The van der Waals surface area contributed by atoms with Gasteiger partial charge in [0.2, 0.25) is 0 Å². The van der Waals surface area contributed by atoms with Crippen LogP contribution in [0.5, 0.6) is 11.5 Å². The number of benzene rings is 1. The third-order valence-electron chi connectivity index (χ3n) is 2.51. The summed E-state index contributed by atoms with van der Waals surface area (Å²) >= 11 is 6.17. The third kappa shape index (κ3) is 1.90. The van der Waals surface area contributed by atoms with Gasteiger partial charge in [-0.25, -0.2) is 0 Å². The molecule has 0 aliphatic carbocycles. The van der Waals surface area contributed by atoms with Gasteiger partial charge in [-0.15, -0.1) is 0 Å². The number of hydrogen-bond donors (Lipinski definition) is 1. The van der Waals surface area contributed by atoms with Crippen LogP contribution in [0.2, 0.25) is 5.02 Å². The van der Waals surface area contributed by atoms with Gasteiger partial charge in [0.05, 0.1) is 5.02 Å². The van der Waals surface area contributed by atoms with Crippen LogP contribution in [0.3, 0.4) is 0 Å². The molecule has 0 fully saturated rings. The Bertz CT molecular complexity index is 377. The van der Waals surface area contributed by atoms with E-state index < -0.39 is 0 Å². The lowest BCUT2D eigenvalue weighted by Crippen LogP contribution is -2.16. The van der Waals surface area contributed by atoms with Crippen molar-refractivity contribution in [2.45, 2.75) is 13.3 Å². The first kappa shape index (κ1) is 10.6. The van der Waals surface area contributed by atoms with E-state index in [0.29, 0.717) is 36.2 Å². The van der Waals surface area contributed by atoms with Crippen molar-refractivity contribution in [3.63, 3.8) is 0 Å². The van der Waals surface area contributed by atoms with Gasteiger partial charge in [0.1, 0.15) is 13.2 Å². The fourth-order valence-corrected chi connectivity index (χ4v) is 1.94. The lowest BCUT2D eigenvalue weighted by molar-refractivity contribution is 0.171. The second-order valence-electron chi connectivity index (χ2n) is 3.47. The zero-order chi connectivity index (χ0) is 10.8. The summed E-state index contributed by atoms with van der Waals surface area (Å²) in [6.45, 7) is 3.11. The van der Waals surface area contributed by atoms with E-state index in [-0.39, 0.29) is 6.61 Å². The minimum atomic E-state index is 0.108. The first-order valence-electron chi connectivity index (χ1n) is 4.92. The number of aliphatic hydroxyl groups excluding tert-OH is 1. The molecule has 1 aromatic carbocycles. The minimum Gasteiger partial charge on any atom is -0.486 e. The van der Waals surface area contributed by atoms with E-state index in [1.807, 2.05) is 13.0 Å². The molecule has 1 aliphatic heterocycles. The molecule has 2 rings (SSSR count). The highest BCUT2D eigenvalue weighted by atomic mass is 35.5. The molecule has 0 unspecified atom stereocenters. The summed E-state index contributed by atoms with van der Waals surface area (Å²) in [6.07, 6.45) is 0.586. The van der Waals surface area contributed by atoms with Gasteiger partial charge in [-0.2, -0.15) is 0 Å². The van der Waals surface area contributed by atoms with Gasteiger partial charge >= 0.3 is 0 Å². The van der Waals surface area contributed by atoms with Crippen LogP contribution in [0, 0.1) is 6.92 Å². The topological polar surface area (TPSA) is 38.7 Å². The average molecular weight is 229 g/mol. The summed E-state index contributed by atoms with van der Waals surface area (Å²) in [7, 11) is 0. The molecule has 0 bridgehead atoms. The monoisotopic (exact) mass is 228 g/mol.